The topological polar surface area (TPSA) is 103 Å². The minimum absolute atomic E-state index is 0.0278. The molecule has 0 N–H and O–H groups in total. The predicted octanol–water partition coefficient (Wildman–Crippen LogP) is 1.80. The van der Waals surface area contributed by atoms with Crippen molar-refractivity contribution in [2.45, 2.75) is 31.7 Å². The average molecular weight is 339 g/mol. The van der Waals surface area contributed by atoms with Gasteiger partial charge in [0.15, 0.2) is 5.82 Å². The molecule has 0 radical (unpaired) electrons. The van der Waals surface area contributed by atoms with Crippen LogP contribution in [-0.4, -0.2) is 47.7 Å². The molecule has 3 aromatic rings. The van der Waals surface area contributed by atoms with Crippen LogP contribution in [0.25, 0.3) is 5.69 Å². The standard InChI is InChI=1S/C16H17N7O2/c24-16(12-5-7-13(8-6-12)23-10-18-20-21-23)22-9-3-1-2-4-14(22)15-17-11-25-19-15/h5-8,10-11,14H,1-4,9H2. The second-order valence-electron chi connectivity index (χ2n) is 5.95. The van der Waals surface area contributed by atoms with E-state index in [0.29, 0.717) is 17.9 Å². The van der Waals surface area contributed by atoms with E-state index in [9.17, 15) is 4.79 Å². The molecule has 0 spiro atoms. The number of hydrogen-bond acceptors (Lipinski definition) is 7. The summed E-state index contributed by atoms with van der Waals surface area (Å²) in [4.78, 5) is 19.1. The number of nitrogens with zero attached hydrogens (tertiary/aromatic N) is 7. The molecule has 9 nitrogen and oxygen atoms in total. The van der Waals surface area contributed by atoms with Gasteiger partial charge in [0.2, 0.25) is 6.39 Å². The fraction of sp³-hybridized carbons (Fsp3) is 0.375. The van der Waals surface area contributed by atoms with E-state index in [0.717, 1.165) is 31.4 Å². The van der Waals surface area contributed by atoms with E-state index >= 15 is 0 Å². The Labute approximate surface area is 143 Å². The van der Waals surface area contributed by atoms with E-state index in [1.165, 1.54) is 12.7 Å². The zero-order valence-corrected chi connectivity index (χ0v) is 13.5. The minimum atomic E-state index is -0.145. The fourth-order valence-corrected chi connectivity index (χ4v) is 3.15. The van der Waals surface area contributed by atoms with Crippen LogP contribution in [0.2, 0.25) is 0 Å². The molecule has 1 fully saturated rings. The highest BCUT2D eigenvalue weighted by atomic mass is 16.5. The molecule has 1 atom stereocenters. The molecule has 0 aliphatic carbocycles. The van der Waals surface area contributed by atoms with E-state index in [4.69, 9.17) is 4.52 Å². The van der Waals surface area contributed by atoms with Crippen molar-refractivity contribution >= 4 is 5.91 Å². The van der Waals surface area contributed by atoms with Crippen molar-refractivity contribution in [3.8, 4) is 5.69 Å². The van der Waals surface area contributed by atoms with Crippen LogP contribution in [0.4, 0.5) is 0 Å². The number of carbonyl (C=O) groups is 1. The van der Waals surface area contributed by atoms with Gasteiger partial charge < -0.3 is 9.42 Å². The summed E-state index contributed by atoms with van der Waals surface area (Å²) in [5.74, 6) is 0.542. The molecule has 1 aliphatic heterocycles. The summed E-state index contributed by atoms with van der Waals surface area (Å²) in [7, 11) is 0. The summed E-state index contributed by atoms with van der Waals surface area (Å²) in [6.07, 6.45) is 6.77. The van der Waals surface area contributed by atoms with Crippen LogP contribution in [0, 0.1) is 0 Å². The molecule has 0 saturated carbocycles. The molecule has 1 saturated heterocycles. The van der Waals surface area contributed by atoms with Gasteiger partial charge in [-0.1, -0.05) is 18.0 Å². The first-order chi connectivity index (χ1) is 12.3. The maximum atomic E-state index is 13.0. The lowest BCUT2D eigenvalue weighted by atomic mass is 10.1. The van der Waals surface area contributed by atoms with E-state index in [2.05, 4.69) is 25.7 Å². The van der Waals surface area contributed by atoms with Gasteiger partial charge in [0.1, 0.15) is 6.33 Å². The lowest BCUT2D eigenvalue weighted by Gasteiger charge is -2.28. The number of carbonyl (C=O) groups excluding carboxylic acids is 1. The molecule has 0 bridgehead atoms. The molecule has 1 aromatic carbocycles. The maximum Gasteiger partial charge on any atom is 0.254 e. The summed E-state index contributed by atoms with van der Waals surface area (Å²) in [5, 5.41) is 15.0. The van der Waals surface area contributed by atoms with Gasteiger partial charge >= 0.3 is 0 Å². The maximum absolute atomic E-state index is 13.0. The normalized spacial score (nSPS) is 18.1. The smallest absolute Gasteiger partial charge is 0.254 e. The van der Waals surface area contributed by atoms with Crippen molar-refractivity contribution in [2.75, 3.05) is 6.54 Å². The first-order valence-electron chi connectivity index (χ1n) is 8.23. The summed E-state index contributed by atoms with van der Waals surface area (Å²) in [6.45, 7) is 0.687. The second kappa shape index (κ2) is 6.80. The average Bonchev–Trinajstić information content (AvgIpc) is 3.32. The van der Waals surface area contributed by atoms with Crippen molar-refractivity contribution < 1.29 is 9.32 Å². The highest BCUT2D eigenvalue weighted by Crippen LogP contribution is 2.29. The summed E-state index contributed by atoms with van der Waals surface area (Å²) in [5.41, 5.74) is 1.42. The van der Waals surface area contributed by atoms with Gasteiger partial charge in [-0.05, 0) is 47.5 Å². The Morgan fingerprint density at radius 1 is 1.16 bits per heavy atom. The van der Waals surface area contributed by atoms with Crippen LogP contribution in [0.1, 0.15) is 47.9 Å². The lowest BCUT2D eigenvalue weighted by molar-refractivity contribution is 0.0670. The largest absolute Gasteiger partial charge is 0.343 e. The van der Waals surface area contributed by atoms with Crippen LogP contribution in [0.3, 0.4) is 0 Å². The third kappa shape index (κ3) is 3.12. The molecule has 1 amide bonds. The molecule has 3 heterocycles. The molecule has 128 valence electrons. The zero-order chi connectivity index (χ0) is 17.1. The SMILES string of the molecule is O=C(c1ccc(-n2cnnn2)cc1)N1CCCCCC1c1ncon1. The Morgan fingerprint density at radius 2 is 2.04 bits per heavy atom. The monoisotopic (exact) mass is 339 g/mol. The Hall–Kier alpha value is -3.10. The van der Waals surface area contributed by atoms with Gasteiger partial charge in [0.25, 0.3) is 5.91 Å². The summed E-state index contributed by atoms with van der Waals surface area (Å²) >= 11 is 0. The summed E-state index contributed by atoms with van der Waals surface area (Å²) < 4.78 is 6.42. The second-order valence-corrected chi connectivity index (χ2v) is 5.95. The lowest BCUT2D eigenvalue weighted by Crippen LogP contribution is -2.35. The number of hydrogen-bond donors (Lipinski definition) is 0. The predicted molar refractivity (Wildman–Crippen MR) is 85.7 cm³/mol. The van der Waals surface area contributed by atoms with E-state index in [1.54, 1.807) is 16.8 Å². The van der Waals surface area contributed by atoms with E-state index in [-0.39, 0.29) is 11.9 Å². The van der Waals surface area contributed by atoms with Gasteiger partial charge in [0, 0.05) is 12.1 Å². The Balaban J connectivity index is 1.59. The highest BCUT2D eigenvalue weighted by Gasteiger charge is 2.30. The molecule has 25 heavy (non-hydrogen) atoms. The first kappa shape index (κ1) is 15.4. The number of tetrazole rings is 1. The number of rotatable bonds is 3. The van der Waals surface area contributed by atoms with Crippen molar-refractivity contribution in [3.63, 3.8) is 0 Å². The van der Waals surface area contributed by atoms with Gasteiger partial charge in [-0.15, -0.1) is 5.10 Å². The van der Waals surface area contributed by atoms with Crippen LogP contribution in [0.15, 0.2) is 41.5 Å². The van der Waals surface area contributed by atoms with Gasteiger partial charge in [-0.3, -0.25) is 4.79 Å². The van der Waals surface area contributed by atoms with E-state index < -0.39 is 0 Å². The van der Waals surface area contributed by atoms with Crippen molar-refractivity contribution in [1.29, 1.82) is 0 Å². The fourth-order valence-electron chi connectivity index (χ4n) is 3.15. The van der Waals surface area contributed by atoms with Crippen molar-refractivity contribution in [3.05, 3.63) is 48.4 Å². The first-order valence-corrected chi connectivity index (χ1v) is 8.23. The van der Waals surface area contributed by atoms with Crippen LogP contribution < -0.4 is 0 Å². The molecule has 1 unspecified atom stereocenters. The third-order valence-electron chi connectivity index (χ3n) is 4.42. The molecule has 9 heteroatoms. The Morgan fingerprint density at radius 3 is 2.76 bits per heavy atom. The highest BCUT2D eigenvalue weighted by molar-refractivity contribution is 5.94. The molecule has 4 rings (SSSR count). The molecule has 2 aromatic heterocycles. The van der Waals surface area contributed by atoms with Gasteiger partial charge in [0.05, 0.1) is 11.7 Å². The molecular formula is C16H17N7O2. The Bertz CT molecular complexity index is 815. The molecule has 1 aliphatic rings. The van der Waals surface area contributed by atoms with Gasteiger partial charge in [-0.2, -0.15) is 4.98 Å². The Kier molecular flexibility index (Phi) is 4.19. The van der Waals surface area contributed by atoms with E-state index in [1.807, 2.05) is 17.0 Å². The quantitative estimate of drug-likeness (QED) is 0.717. The zero-order valence-electron chi connectivity index (χ0n) is 13.5. The number of aromatic nitrogens is 6. The van der Waals surface area contributed by atoms with Crippen molar-refractivity contribution in [2.24, 2.45) is 0 Å². The van der Waals surface area contributed by atoms with Gasteiger partial charge in [-0.25, -0.2) is 4.68 Å². The summed E-state index contributed by atoms with van der Waals surface area (Å²) in [6, 6.07) is 7.08. The third-order valence-corrected chi connectivity index (χ3v) is 4.42. The van der Waals surface area contributed by atoms with Crippen LogP contribution >= 0.6 is 0 Å². The van der Waals surface area contributed by atoms with Crippen molar-refractivity contribution in [1.82, 2.24) is 35.2 Å². The number of likely N-dealkylation sites (tertiary alicyclic amines) is 1. The van der Waals surface area contributed by atoms with Crippen LogP contribution in [-0.2, 0) is 0 Å². The minimum Gasteiger partial charge on any atom is -0.343 e. The molecular weight excluding hydrogens is 322 g/mol. The number of benzene rings is 1. The van der Waals surface area contributed by atoms with Crippen LogP contribution in [0.5, 0.6) is 0 Å². The number of amides is 1.